The molecule has 226 valence electrons. The summed E-state index contributed by atoms with van der Waals surface area (Å²) in [5.41, 5.74) is 3.78. The van der Waals surface area contributed by atoms with E-state index in [-0.39, 0.29) is 12.2 Å². The number of esters is 1. The lowest BCUT2D eigenvalue weighted by atomic mass is 10.0. The van der Waals surface area contributed by atoms with Crippen molar-refractivity contribution in [1.82, 2.24) is 0 Å². The molecule has 1 aromatic rings. The molecule has 0 aromatic carbocycles. The number of aryl methyl sites for hydroxylation is 3. The second-order valence-corrected chi connectivity index (χ2v) is 12.2. The summed E-state index contributed by atoms with van der Waals surface area (Å²) in [6.45, 7) is 10.9. The molecule has 0 fully saturated rings. The number of nitrogens with zero attached hydrogens (tertiary/aromatic N) is 1. The Morgan fingerprint density at radius 1 is 0.641 bits per heavy atom. The van der Waals surface area contributed by atoms with Gasteiger partial charge >= 0.3 is 12.2 Å². The Morgan fingerprint density at radius 3 is 1.51 bits per heavy atom. The second-order valence-electron chi connectivity index (χ2n) is 12.2. The third kappa shape index (κ3) is 18.6. The molecule has 0 amide bonds. The standard InChI is InChI=1S/C36H66NO2/c1-6-8-10-12-14-16-17-18-19-21-22-24-26-28-35-31-32(3)30-33(4)37(35)34(5)39-36(38)29-27-25-23-20-15-13-11-9-7-2/h30-31,34H,6-29H2,1-5H3/q+1. The van der Waals surface area contributed by atoms with Gasteiger partial charge in [0.1, 0.15) is 0 Å². The first kappa shape index (κ1) is 35.6. The van der Waals surface area contributed by atoms with Crippen LogP contribution in [0.2, 0.25) is 0 Å². The monoisotopic (exact) mass is 545 g/mol. The molecule has 0 radical (unpaired) electrons. The molecule has 0 bridgehead atoms. The van der Waals surface area contributed by atoms with Crippen molar-refractivity contribution in [2.24, 2.45) is 0 Å². The number of rotatable bonds is 26. The summed E-state index contributed by atoms with van der Waals surface area (Å²) < 4.78 is 8.16. The van der Waals surface area contributed by atoms with Gasteiger partial charge in [-0.3, -0.25) is 4.79 Å². The Hall–Kier alpha value is -1.38. The Balaban J connectivity index is 2.28. The number of pyridine rings is 1. The maximum absolute atomic E-state index is 12.6. The molecule has 1 rings (SSSR count). The Bertz CT molecular complexity index is 729. The van der Waals surface area contributed by atoms with Crippen LogP contribution in [0, 0.1) is 13.8 Å². The number of aromatic nitrogens is 1. The molecule has 0 aliphatic carbocycles. The van der Waals surface area contributed by atoms with Crippen LogP contribution in [-0.2, 0) is 16.0 Å². The van der Waals surface area contributed by atoms with E-state index in [4.69, 9.17) is 4.74 Å². The van der Waals surface area contributed by atoms with Crippen LogP contribution in [0.1, 0.15) is 192 Å². The van der Waals surface area contributed by atoms with Gasteiger partial charge in [0.2, 0.25) is 0 Å². The average molecular weight is 545 g/mol. The third-order valence-corrected chi connectivity index (χ3v) is 8.21. The van der Waals surface area contributed by atoms with Crippen molar-refractivity contribution >= 4 is 5.97 Å². The highest BCUT2D eigenvalue weighted by atomic mass is 16.6. The molecule has 0 saturated carbocycles. The average Bonchev–Trinajstić information content (AvgIpc) is 2.90. The van der Waals surface area contributed by atoms with Crippen molar-refractivity contribution < 1.29 is 14.1 Å². The van der Waals surface area contributed by atoms with Crippen LogP contribution in [0.3, 0.4) is 0 Å². The van der Waals surface area contributed by atoms with Gasteiger partial charge in [-0.25, -0.2) is 0 Å². The predicted octanol–water partition coefficient (Wildman–Crippen LogP) is 11.2. The van der Waals surface area contributed by atoms with Crippen LogP contribution < -0.4 is 4.57 Å². The molecule has 0 spiro atoms. The van der Waals surface area contributed by atoms with Gasteiger partial charge in [0, 0.05) is 38.8 Å². The highest BCUT2D eigenvalue weighted by Gasteiger charge is 2.24. The van der Waals surface area contributed by atoms with Crippen LogP contribution in [0.15, 0.2) is 12.1 Å². The summed E-state index contributed by atoms with van der Waals surface area (Å²) in [6.07, 6.45) is 30.6. The van der Waals surface area contributed by atoms with Gasteiger partial charge in [-0.2, -0.15) is 4.57 Å². The fourth-order valence-electron chi connectivity index (χ4n) is 5.92. The highest BCUT2D eigenvalue weighted by Crippen LogP contribution is 2.16. The molecule has 1 aromatic heterocycles. The Labute approximate surface area is 243 Å². The van der Waals surface area contributed by atoms with Crippen molar-refractivity contribution in [3.05, 3.63) is 29.1 Å². The highest BCUT2D eigenvalue weighted by molar-refractivity contribution is 5.69. The minimum atomic E-state index is -0.242. The summed E-state index contributed by atoms with van der Waals surface area (Å²) in [5.74, 6) is -0.0511. The summed E-state index contributed by atoms with van der Waals surface area (Å²) >= 11 is 0. The maximum Gasteiger partial charge on any atom is 0.310 e. The van der Waals surface area contributed by atoms with Crippen molar-refractivity contribution in [2.75, 3.05) is 0 Å². The topological polar surface area (TPSA) is 30.2 Å². The van der Waals surface area contributed by atoms with Gasteiger partial charge in [0.05, 0.1) is 0 Å². The summed E-state index contributed by atoms with van der Waals surface area (Å²) in [5, 5.41) is 0. The number of carbonyl (C=O) groups excluding carboxylic acids is 1. The molecule has 0 aliphatic heterocycles. The van der Waals surface area contributed by atoms with Crippen molar-refractivity contribution in [3.8, 4) is 0 Å². The number of carbonyl (C=O) groups is 1. The first-order valence-electron chi connectivity index (χ1n) is 17.2. The molecule has 39 heavy (non-hydrogen) atoms. The summed E-state index contributed by atoms with van der Waals surface area (Å²) in [6, 6.07) is 4.50. The van der Waals surface area contributed by atoms with Gasteiger partial charge < -0.3 is 4.74 Å². The molecule has 1 unspecified atom stereocenters. The quantitative estimate of drug-likeness (QED) is 0.0659. The van der Waals surface area contributed by atoms with Crippen molar-refractivity contribution in [3.63, 3.8) is 0 Å². The Kier molecular flexibility index (Phi) is 22.3. The van der Waals surface area contributed by atoms with E-state index < -0.39 is 0 Å². The minimum absolute atomic E-state index is 0.0511. The molecule has 3 heteroatoms. The second kappa shape index (κ2) is 24.4. The molecular weight excluding hydrogens is 478 g/mol. The lowest BCUT2D eigenvalue weighted by Gasteiger charge is -2.15. The summed E-state index contributed by atoms with van der Waals surface area (Å²) in [7, 11) is 0. The molecular formula is C36H66NO2+. The zero-order chi connectivity index (χ0) is 28.6. The van der Waals surface area contributed by atoms with Gasteiger partial charge in [0.25, 0.3) is 0 Å². The summed E-state index contributed by atoms with van der Waals surface area (Å²) in [4.78, 5) is 12.6. The van der Waals surface area contributed by atoms with Gasteiger partial charge in [0.15, 0.2) is 11.4 Å². The number of hydrogen-bond donors (Lipinski definition) is 0. The van der Waals surface area contributed by atoms with E-state index in [2.05, 4.69) is 44.4 Å². The zero-order valence-electron chi connectivity index (χ0n) is 27.0. The van der Waals surface area contributed by atoms with E-state index >= 15 is 0 Å². The lowest BCUT2D eigenvalue weighted by molar-refractivity contribution is -0.764. The fraction of sp³-hybridized carbons (Fsp3) is 0.833. The predicted molar refractivity (Wildman–Crippen MR) is 168 cm³/mol. The number of ether oxygens (including phenoxy) is 1. The third-order valence-electron chi connectivity index (χ3n) is 8.21. The van der Waals surface area contributed by atoms with Crippen LogP contribution in [0.4, 0.5) is 0 Å². The van der Waals surface area contributed by atoms with E-state index in [1.54, 1.807) is 0 Å². The van der Waals surface area contributed by atoms with Crippen LogP contribution in [-0.4, -0.2) is 5.97 Å². The van der Waals surface area contributed by atoms with Crippen molar-refractivity contribution in [2.45, 2.75) is 195 Å². The minimum Gasteiger partial charge on any atom is -0.403 e. The SMILES string of the molecule is CCCCCCCCCCCCCCCc1cc(C)cc(C)[n+]1C(C)OC(=O)CCCCCCCCCCC. The van der Waals surface area contributed by atoms with E-state index in [0.29, 0.717) is 6.42 Å². The molecule has 1 atom stereocenters. The number of unbranched alkanes of at least 4 members (excludes halogenated alkanes) is 20. The first-order valence-corrected chi connectivity index (χ1v) is 17.2. The van der Waals surface area contributed by atoms with Crippen LogP contribution >= 0.6 is 0 Å². The smallest absolute Gasteiger partial charge is 0.310 e. The molecule has 0 N–H and O–H groups in total. The van der Waals surface area contributed by atoms with E-state index in [9.17, 15) is 4.79 Å². The molecule has 0 saturated heterocycles. The van der Waals surface area contributed by atoms with Gasteiger partial charge in [-0.1, -0.05) is 142 Å². The van der Waals surface area contributed by atoms with E-state index in [1.807, 2.05) is 6.92 Å². The van der Waals surface area contributed by atoms with Crippen LogP contribution in [0.5, 0.6) is 0 Å². The van der Waals surface area contributed by atoms with Crippen LogP contribution in [0.25, 0.3) is 0 Å². The zero-order valence-corrected chi connectivity index (χ0v) is 27.0. The lowest BCUT2D eigenvalue weighted by Crippen LogP contribution is -2.47. The van der Waals surface area contributed by atoms with Crippen molar-refractivity contribution in [1.29, 1.82) is 0 Å². The largest absolute Gasteiger partial charge is 0.403 e. The normalized spacial score (nSPS) is 12.1. The number of hydrogen-bond acceptors (Lipinski definition) is 2. The maximum atomic E-state index is 12.6. The van der Waals surface area contributed by atoms with E-state index in [0.717, 1.165) is 19.3 Å². The molecule has 3 nitrogen and oxygen atoms in total. The van der Waals surface area contributed by atoms with Gasteiger partial charge in [-0.05, 0) is 25.3 Å². The molecule has 0 aliphatic rings. The Morgan fingerprint density at radius 2 is 1.05 bits per heavy atom. The van der Waals surface area contributed by atoms with Gasteiger partial charge in [-0.15, -0.1) is 0 Å². The molecule has 1 heterocycles. The van der Waals surface area contributed by atoms with E-state index in [1.165, 1.54) is 145 Å². The first-order chi connectivity index (χ1) is 19.0. The fourth-order valence-corrected chi connectivity index (χ4v) is 5.92.